The zero-order valence-corrected chi connectivity index (χ0v) is 13.1. The Hall–Kier alpha value is -3.19. The Morgan fingerprint density at radius 2 is 1.75 bits per heavy atom. The van der Waals surface area contributed by atoms with Crippen molar-refractivity contribution in [2.75, 3.05) is 5.32 Å². The second kappa shape index (κ2) is 6.51. The molecule has 24 heavy (non-hydrogen) atoms. The van der Waals surface area contributed by atoms with Crippen LogP contribution in [0.2, 0.25) is 0 Å². The molecule has 0 fully saturated rings. The van der Waals surface area contributed by atoms with E-state index in [1.54, 1.807) is 30.3 Å². The van der Waals surface area contributed by atoms with E-state index >= 15 is 0 Å². The summed E-state index contributed by atoms with van der Waals surface area (Å²) >= 11 is 5.06. The summed E-state index contributed by atoms with van der Waals surface area (Å²) in [5.41, 5.74) is 0.940. The van der Waals surface area contributed by atoms with Gasteiger partial charge in [0.05, 0.1) is 11.3 Å². The summed E-state index contributed by atoms with van der Waals surface area (Å²) in [6.07, 6.45) is 0. The zero-order chi connectivity index (χ0) is 17.1. The number of amides is 1. The Morgan fingerprint density at radius 1 is 1.04 bits per heavy atom. The second-order valence-electron chi connectivity index (χ2n) is 4.91. The molecule has 3 N–H and O–H groups in total. The van der Waals surface area contributed by atoms with Crippen LogP contribution in [-0.4, -0.2) is 22.1 Å². The maximum atomic E-state index is 12.2. The Bertz CT molecular complexity index is 915. The molecule has 0 unspecified atom stereocenters. The SMILES string of the molecule is O=C(NC(=S)Nc1ccccc1C(=O)O)c1cc2ccccc2o1. The highest BCUT2D eigenvalue weighted by Crippen LogP contribution is 2.19. The largest absolute Gasteiger partial charge is 0.478 e. The third-order valence-corrected chi connectivity index (χ3v) is 3.49. The molecule has 0 saturated carbocycles. The lowest BCUT2D eigenvalue weighted by Gasteiger charge is -2.10. The minimum absolute atomic E-state index is 0.0193. The van der Waals surface area contributed by atoms with E-state index in [-0.39, 0.29) is 16.4 Å². The van der Waals surface area contributed by atoms with Crippen molar-refractivity contribution in [2.45, 2.75) is 0 Å². The van der Waals surface area contributed by atoms with Gasteiger partial charge >= 0.3 is 5.97 Å². The molecule has 0 aliphatic carbocycles. The molecule has 0 saturated heterocycles. The second-order valence-corrected chi connectivity index (χ2v) is 5.32. The average molecular weight is 340 g/mol. The molecule has 0 aliphatic rings. The number of carbonyl (C=O) groups excluding carboxylic acids is 1. The number of fused-ring (bicyclic) bond motifs is 1. The Morgan fingerprint density at radius 3 is 2.50 bits per heavy atom. The first-order valence-electron chi connectivity index (χ1n) is 6.98. The third kappa shape index (κ3) is 3.26. The Kier molecular flexibility index (Phi) is 4.26. The maximum Gasteiger partial charge on any atom is 0.337 e. The zero-order valence-electron chi connectivity index (χ0n) is 12.3. The van der Waals surface area contributed by atoms with Gasteiger partial charge in [0.1, 0.15) is 5.58 Å². The van der Waals surface area contributed by atoms with Crippen molar-refractivity contribution >= 4 is 45.9 Å². The molecule has 1 amide bonds. The van der Waals surface area contributed by atoms with Gasteiger partial charge in [0.25, 0.3) is 5.91 Å². The molecule has 1 aromatic heterocycles. The monoisotopic (exact) mass is 340 g/mol. The van der Waals surface area contributed by atoms with Crippen LogP contribution in [0.25, 0.3) is 11.0 Å². The molecule has 3 rings (SSSR count). The number of anilines is 1. The molecule has 120 valence electrons. The van der Waals surface area contributed by atoms with Crippen molar-refractivity contribution < 1.29 is 19.1 Å². The first kappa shape index (κ1) is 15.7. The van der Waals surface area contributed by atoms with Crippen molar-refractivity contribution in [3.63, 3.8) is 0 Å². The predicted octanol–water partition coefficient (Wildman–Crippen LogP) is 3.26. The molecule has 2 aromatic carbocycles. The van der Waals surface area contributed by atoms with E-state index in [4.69, 9.17) is 21.7 Å². The fourth-order valence-electron chi connectivity index (χ4n) is 2.19. The molecule has 0 radical (unpaired) electrons. The average Bonchev–Trinajstić information content (AvgIpc) is 2.99. The number of carboxylic acid groups (broad SMARTS) is 1. The lowest BCUT2D eigenvalue weighted by molar-refractivity contribution is 0.0698. The molecule has 1 heterocycles. The summed E-state index contributed by atoms with van der Waals surface area (Å²) in [4.78, 5) is 23.3. The molecule has 0 aliphatic heterocycles. The van der Waals surface area contributed by atoms with Crippen LogP contribution in [0.1, 0.15) is 20.9 Å². The topological polar surface area (TPSA) is 91.6 Å². The van der Waals surface area contributed by atoms with Crippen LogP contribution in [0.15, 0.2) is 59.0 Å². The Labute approximate surface area is 142 Å². The number of furan rings is 1. The summed E-state index contributed by atoms with van der Waals surface area (Å²) in [6, 6.07) is 15.1. The maximum absolute atomic E-state index is 12.2. The van der Waals surface area contributed by atoms with E-state index in [1.165, 1.54) is 6.07 Å². The summed E-state index contributed by atoms with van der Waals surface area (Å²) in [5.74, 6) is -1.49. The smallest absolute Gasteiger partial charge is 0.337 e. The van der Waals surface area contributed by atoms with Gasteiger partial charge < -0.3 is 14.8 Å². The van der Waals surface area contributed by atoms with Crippen LogP contribution >= 0.6 is 12.2 Å². The predicted molar refractivity (Wildman–Crippen MR) is 93.3 cm³/mol. The minimum atomic E-state index is -1.09. The van der Waals surface area contributed by atoms with Crippen LogP contribution in [0, 0.1) is 0 Å². The number of hydrogen-bond donors (Lipinski definition) is 3. The van der Waals surface area contributed by atoms with E-state index in [0.717, 1.165) is 5.39 Å². The number of nitrogens with one attached hydrogen (secondary N) is 2. The van der Waals surface area contributed by atoms with Gasteiger partial charge in [-0.05, 0) is 36.5 Å². The van der Waals surface area contributed by atoms with Crippen LogP contribution in [0.3, 0.4) is 0 Å². The van der Waals surface area contributed by atoms with Crippen molar-refractivity contribution in [1.82, 2.24) is 5.32 Å². The number of thiocarbonyl (C=S) groups is 1. The Balaban J connectivity index is 1.73. The fourth-order valence-corrected chi connectivity index (χ4v) is 2.39. The molecule has 0 atom stereocenters. The molecule has 0 bridgehead atoms. The van der Waals surface area contributed by atoms with E-state index in [0.29, 0.717) is 11.3 Å². The van der Waals surface area contributed by atoms with Crippen LogP contribution < -0.4 is 10.6 Å². The molecule has 6 nitrogen and oxygen atoms in total. The molecule has 7 heteroatoms. The number of aromatic carboxylic acids is 1. The summed E-state index contributed by atoms with van der Waals surface area (Å²) in [6.45, 7) is 0. The summed E-state index contributed by atoms with van der Waals surface area (Å²) in [7, 11) is 0. The number of hydrogen-bond acceptors (Lipinski definition) is 4. The minimum Gasteiger partial charge on any atom is -0.478 e. The standard InChI is InChI=1S/C17H12N2O4S/c20-15(14-9-10-5-1-4-8-13(10)23-14)19-17(24)18-12-7-3-2-6-11(12)16(21)22/h1-9H,(H,21,22)(H2,18,19,20,24). The highest BCUT2D eigenvalue weighted by Gasteiger charge is 2.15. The lowest BCUT2D eigenvalue weighted by Crippen LogP contribution is -2.34. The highest BCUT2D eigenvalue weighted by atomic mass is 32.1. The fraction of sp³-hybridized carbons (Fsp3) is 0. The van der Waals surface area contributed by atoms with Crippen LogP contribution in [-0.2, 0) is 0 Å². The van der Waals surface area contributed by atoms with Gasteiger partial charge in [-0.15, -0.1) is 0 Å². The van der Waals surface area contributed by atoms with Crippen molar-refractivity contribution in [1.29, 1.82) is 0 Å². The molecular weight excluding hydrogens is 328 g/mol. The van der Waals surface area contributed by atoms with Crippen molar-refractivity contribution in [3.05, 3.63) is 65.9 Å². The third-order valence-electron chi connectivity index (χ3n) is 3.28. The van der Waals surface area contributed by atoms with Crippen LogP contribution in [0.5, 0.6) is 0 Å². The molecular formula is C17H12N2O4S. The van der Waals surface area contributed by atoms with Gasteiger partial charge in [0.2, 0.25) is 0 Å². The first-order chi connectivity index (χ1) is 11.5. The van der Waals surface area contributed by atoms with Gasteiger partial charge in [-0.2, -0.15) is 0 Å². The quantitative estimate of drug-likeness (QED) is 0.634. The van der Waals surface area contributed by atoms with Crippen LogP contribution in [0.4, 0.5) is 5.69 Å². The molecule has 3 aromatic rings. The van der Waals surface area contributed by atoms with E-state index in [2.05, 4.69) is 10.6 Å². The van der Waals surface area contributed by atoms with Crippen molar-refractivity contribution in [2.24, 2.45) is 0 Å². The number of benzene rings is 2. The number of rotatable bonds is 3. The van der Waals surface area contributed by atoms with Crippen molar-refractivity contribution in [3.8, 4) is 0 Å². The molecule has 0 spiro atoms. The van der Waals surface area contributed by atoms with Gasteiger partial charge in [0.15, 0.2) is 10.9 Å². The van der Waals surface area contributed by atoms with Gasteiger partial charge in [-0.3, -0.25) is 10.1 Å². The lowest BCUT2D eigenvalue weighted by atomic mass is 10.2. The van der Waals surface area contributed by atoms with E-state index in [9.17, 15) is 9.59 Å². The van der Waals surface area contributed by atoms with Gasteiger partial charge in [-0.1, -0.05) is 30.3 Å². The van der Waals surface area contributed by atoms with Gasteiger partial charge in [0, 0.05) is 5.39 Å². The number of carbonyl (C=O) groups is 2. The number of para-hydroxylation sites is 2. The van der Waals surface area contributed by atoms with Gasteiger partial charge in [-0.25, -0.2) is 4.79 Å². The number of carboxylic acids is 1. The normalized spacial score (nSPS) is 10.3. The highest BCUT2D eigenvalue weighted by molar-refractivity contribution is 7.80. The summed E-state index contributed by atoms with van der Waals surface area (Å²) < 4.78 is 5.45. The summed E-state index contributed by atoms with van der Waals surface area (Å²) in [5, 5.41) is 15.1. The van der Waals surface area contributed by atoms with E-state index in [1.807, 2.05) is 18.2 Å². The first-order valence-corrected chi connectivity index (χ1v) is 7.38. The van der Waals surface area contributed by atoms with E-state index < -0.39 is 11.9 Å².